The van der Waals surface area contributed by atoms with Gasteiger partial charge in [-0.15, -0.1) is 0 Å². The SMILES string of the molecule is N=C(c1ccc2cc(-c3ccc(-c4cc5ccc(C(=N)N6CCCC6)cc5[nH]4)cc3)[nH]c2c1)N1CCCC1. The summed E-state index contributed by atoms with van der Waals surface area (Å²) in [6.45, 7) is 3.94. The number of hydrogen-bond acceptors (Lipinski definition) is 2. The molecule has 2 aliphatic heterocycles. The van der Waals surface area contributed by atoms with E-state index >= 15 is 0 Å². The molecule has 0 unspecified atom stereocenters. The molecule has 4 N–H and O–H groups in total. The number of aromatic amines is 2. The van der Waals surface area contributed by atoms with Gasteiger partial charge in [-0.1, -0.05) is 48.5 Å². The molecular formula is C32H32N6. The third-order valence-corrected chi connectivity index (χ3v) is 8.14. The molecule has 190 valence electrons. The van der Waals surface area contributed by atoms with Gasteiger partial charge in [0.15, 0.2) is 0 Å². The van der Waals surface area contributed by atoms with E-state index in [0.717, 1.165) is 81.6 Å². The number of rotatable bonds is 4. The van der Waals surface area contributed by atoms with Gasteiger partial charge in [-0.05, 0) is 61.1 Å². The predicted molar refractivity (Wildman–Crippen MR) is 156 cm³/mol. The van der Waals surface area contributed by atoms with Crippen LogP contribution in [0.3, 0.4) is 0 Å². The fraction of sp³-hybridized carbons (Fsp3) is 0.250. The van der Waals surface area contributed by atoms with Crippen molar-refractivity contribution in [3.63, 3.8) is 0 Å². The van der Waals surface area contributed by atoms with Gasteiger partial charge in [-0.3, -0.25) is 10.8 Å². The van der Waals surface area contributed by atoms with Crippen LogP contribution >= 0.6 is 0 Å². The lowest BCUT2D eigenvalue weighted by molar-refractivity contribution is 0.517. The molecule has 0 spiro atoms. The number of nitrogens with zero attached hydrogens (tertiary/aromatic N) is 2. The van der Waals surface area contributed by atoms with Crippen LogP contribution in [0.5, 0.6) is 0 Å². The summed E-state index contributed by atoms with van der Waals surface area (Å²) in [4.78, 5) is 11.5. The zero-order valence-electron chi connectivity index (χ0n) is 21.5. The third-order valence-electron chi connectivity index (χ3n) is 8.14. The van der Waals surface area contributed by atoms with Gasteiger partial charge < -0.3 is 19.8 Å². The summed E-state index contributed by atoms with van der Waals surface area (Å²) in [5.41, 5.74) is 8.52. The molecule has 38 heavy (non-hydrogen) atoms. The van der Waals surface area contributed by atoms with E-state index in [1.165, 1.54) is 25.7 Å². The van der Waals surface area contributed by atoms with Crippen molar-refractivity contribution in [3.8, 4) is 22.5 Å². The van der Waals surface area contributed by atoms with E-state index in [4.69, 9.17) is 10.8 Å². The zero-order valence-corrected chi connectivity index (χ0v) is 21.5. The van der Waals surface area contributed by atoms with Gasteiger partial charge in [0.25, 0.3) is 0 Å². The maximum atomic E-state index is 8.59. The average molecular weight is 501 g/mol. The molecule has 0 radical (unpaired) electrons. The molecule has 3 aromatic carbocycles. The summed E-state index contributed by atoms with van der Waals surface area (Å²) in [7, 11) is 0. The van der Waals surface area contributed by atoms with Crippen LogP contribution in [-0.4, -0.2) is 57.6 Å². The van der Waals surface area contributed by atoms with Crippen molar-refractivity contribution in [3.05, 3.63) is 83.9 Å². The summed E-state index contributed by atoms with van der Waals surface area (Å²) >= 11 is 0. The van der Waals surface area contributed by atoms with Crippen LogP contribution in [0, 0.1) is 10.8 Å². The van der Waals surface area contributed by atoms with Crippen molar-refractivity contribution in [1.82, 2.24) is 19.8 Å². The number of H-pyrrole nitrogens is 2. The monoisotopic (exact) mass is 500 g/mol. The maximum Gasteiger partial charge on any atom is 0.128 e. The van der Waals surface area contributed by atoms with Crippen molar-refractivity contribution in [2.24, 2.45) is 0 Å². The van der Waals surface area contributed by atoms with Crippen molar-refractivity contribution in [1.29, 1.82) is 10.8 Å². The van der Waals surface area contributed by atoms with E-state index in [9.17, 15) is 0 Å². The van der Waals surface area contributed by atoms with Crippen LogP contribution in [0.15, 0.2) is 72.8 Å². The smallest absolute Gasteiger partial charge is 0.128 e. The first-order valence-corrected chi connectivity index (χ1v) is 13.7. The number of fused-ring (bicyclic) bond motifs is 2. The minimum Gasteiger partial charge on any atom is -0.357 e. The Labute approximate surface area is 222 Å². The molecule has 5 aromatic rings. The molecule has 2 aromatic heterocycles. The van der Waals surface area contributed by atoms with E-state index in [1.54, 1.807) is 0 Å². The van der Waals surface area contributed by atoms with Gasteiger partial charge in [0.2, 0.25) is 0 Å². The van der Waals surface area contributed by atoms with Gasteiger partial charge in [0, 0.05) is 70.5 Å². The van der Waals surface area contributed by atoms with Crippen LogP contribution in [0.1, 0.15) is 36.8 Å². The summed E-state index contributed by atoms with van der Waals surface area (Å²) < 4.78 is 0. The Balaban J connectivity index is 1.13. The Bertz CT molecular complexity index is 1530. The summed E-state index contributed by atoms with van der Waals surface area (Å²) in [5, 5.41) is 19.5. The first-order valence-electron chi connectivity index (χ1n) is 13.7. The minimum absolute atomic E-state index is 0.628. The quantitative estimate of drug-likeness (QED) is 0.161. The number of hydrogen-bond donors (Lipinski definition) is 4. The summed E-state index contributed by atoms with van der Waals surface area (Å²) in [5.74, 6) is 1.26. The molecular weight excluding hydrogens is 468 g/mol. The van der Waals surface area contributed by atoms with Crippen LogP contribution in [0.2, 0.25) is 0 Å². The van der Waals surface area contributed by atoms with Crippen molar-refractivity contribution < 1.29 is 0 Å². The second-order valence-electron chi connectivity index (χ2n) is 10.6. The van der Waals surface area contributed by atoms with Crippen LogP contribution in [-0.2, 0) is 0 Å². The molecule has 6 heteroatoms. The Hall–Kier alpha value is -4.32. The maximum absolute atomic E-state index is 8.59. The van der Waals surface area contributed by atoms with Crippen LogP contribution in [0.25, 0.3) is 44.3 Å². The van der Waals surface area contributed by atoms with E-state index in [0.29, 0.717) is 11.7 Å². The average Bonchev–Trinajstić information content (AvgIpc) is 3.77. The van der Waals surface area contributed by atoms with Crippen molar-refractivity contribution in [2.45, 2.75) is 25.7 Å². The van der Waals surface area contributed by atoms with E-state index in [2.05, 4.69) is 92.6 Å². The normalized spacial score (nSPS) is 15.7. The lowest BCUT2D eigenvalue weighted by atomic mass is 10.1. The number of benzene rings is 3. The highest BCUT2D eigenvalue weighted by atomic mass is 15.2. The van der Waals surface area contributed by atoms with Gasteiger partial charge in [-0.2, -0.15) is 0 Å². The number of aromatic nitrogens is 2. The molecule has 0 amide bonds. The number of likely N-dealkylation sites (tertiary alicyclic amines) is 2. The molecule has 0 aliphatic carbocycles. The molecule has 0 atom stereocenters. The standard InChI is InChI=1S/C32H32N6/c33-31(37-13-1-2-14-37)25-11-9-23-17-27(35-29(23)19-25)21-5-7-22(8-6-21)28-18-24-10-12-26(20-30(24)36-28)32(34)38-15-3-4-16-38/h5-12,17-20,33-36H,1-4,13-16H2. The number of nitrogens with one attached hydrogen (secondary N) is 4. The van der Waals surface area contributed by atoms with Gasteiger partial charge in [0.1, 0.15) is 11.7 Å². The minimum atomic E-state index is 0.628. The van der Waals surface area contributed by atoms with Crippen molar-refractivity contribution in [2.75, 3.05) is 26.2 Å². The largest absolute Gasteiger partial charge is 0.357 e. The van der Waals surface area contributed by atoms with Gasteiger partial charge in [0.05, 0.1) is 0 Å². The Kier molecular flexibility index (Phi) is 5.54. The predicted octanol–water partition coefficient (Wildman–Crippen LogP) is 6.83. The molecule has 4 heterocycles. The first-order chi connectivity index (χ1) is 18.6. The topological polar surface area (TPSA) is 85.8 Å². The molecule has 6 nitrogen and oxygen atoms in total. The van der Waals surface area contributed by atoms with Crippen molar-refractivity contribution >= 4 is 33.5 Å². The fourth-order valence-corrected chi connectivity index (χ4v) is 5.94. The second kappa shape index (κ2) is 9.21. The van der Waals surface area contributed by atoms with E-state index in [1.807, 2.05) is 0 Å². The summed E-state index contributed by atoms with van der Waals surface area (Å²) in [6.07, 6.45) is 4.71. The van der Waals surface area contributed by atoms with Gasteiger partial charge >= 0.3 is 0 Å². The highest BCUT2D eigenvalue weighted by Gasteiger charge is 2.18. The Morgan fingerprint density at radius 3 is 1.32 bits per heavy atom. The lowest BCUT2D eigenvalue weighted by Gasteiger charge is -2.18. The molecule has 0 saturated carbocycles. The highest BCUT2D eigenvalue weighted by molar-refractivity contribution is 6.01. The lowest BCUT2D eigenvalue weighted by Crippen LogP contribution is -2.27. The fourth-order valence-electron chi connectivity index (χ4n) is 5.94. The van der Waals surface area contributed by atoms with Crippen LogP contribution in [0.4, 0.5) is 0 Å². The second-order valence-corrected chi connectivity index (χ2v) is 10.6. The summed E-state index contributed by atoms with van der Waals surface area (Å²) in [6, 6.07) is 25.6. The molecule has 2 aliphatic rings. The molecule has 2 saturated heterocycles. The molecule has 2 fully saturated rings. The zero-order chi connectivity index (χ0) is 25.6. The Morgan fingerprint density at radius 2 is 0.921 bits per heavy atom. The van der Waals surface area contributed by atoms with Gasteiger partial charge in [-0.25, -0.2) is 0 Å². The van der Waals surface area contributed by atoms with Crippen LogP contribution < -0.4 is 0 Å². The molecule has 7 rings (SSSR count). The Morgan fingerprint density at radius 1 is 0.526 bits per heavy atom. The number of amidine groups is 2. The van der Waals surface area contributed by atoms with E-state index in [-0.39, 0.29) is 0 Å². The molecule has 0 bridgehead atoms. The highest BCUT2D eigenvalue weighted by Crippen LogP contribution is 2.30. The third kappa shape index (κ3) is 4.06. The first kappa shape index (κ1) is 22.8. The van der Waals surface area contributed by atoms with E-state index < -0.39 is 0 Å².